The summed E-state index contributed by atoms with van der Waals surface area (Å²) in [6.07, 6.45) is 2.10. The molecule has 3 fully saturated rings. The van der Waals surface area contributed by atoms with E-state index in [2.05, 4.69) is 16.9 Å². The second-order valence-electron chi connectivity index (χ2n) is 15.9. The number of carbonyl (C=O) groups excluding carboxylic acids is 4. The van der Waals surface area contributed by atoms with E-state index >= 15 is 0 Å². The number of amides is 2. The molecule has 266 valence electrons. The first-order valence-electron chi connectivity index (χ1n) is 17.0. The molecule has 1 aliphatic heterocycles. The Labute approximate surface area is 289 Å². The first kappa shape index (κ1) is 36.5. The van der Waals surface area contributed by atoms with Crippen LogP contribution < -0.4 is 10.1 Å². The van der Waals surface area contributed by atoms with E-state index in [0.717, 1.165) is 16.5 Å². The van der Waals surface area contributed by atoms with Crippen molar-refractivity contribution in [3.63, 3.8) is 0 Å². The van der Waals surface area contributed by atoms with Crippen LogP contribution in [0.3, 0.4) is 0 Å². The van der Waals surface area contributed by atoms with E-state index in [1.165, 1.54) is 4.90 Å². The zero-order valence-electron chi connectivity index (χ0n) is 29.6. The van der Waals surface area contributed by atoms with Crippen molar-refractivity contribution in [2.75, 3.05) is 12.3 Å². The van der Waals surface area contributed by atoms with Gasteiger partial charge in [0, 0.05) is 23.4 Å². The van der Waals surface area contributed by atoms with Gasteiger partial charge in [0.15, 0.2) is 15.6 Å². The van der Waals surface area contributed by atoms with E-state index in [9.17, 15) is 27.6 Å². The van der Waals surface area contributed by atoms with Crippen molar-refractivity contribution in [3.8, 4) is 5.88 Å². The molecule has 2 aromatic rings. The highest BCUT2D eigenvalue weighted by molar-refractivity contribution is 7.93. The van der Waals surface area contributed by atoms with Gasteiger partial charge in [0.25, 0.3) is 0 Å². The predicted molar refractivity (Wildman–Crippen MR) is 185 cm³/mol. The highest BCUT2D eigenvalue weighted by Crippen LogP contribution is 2.46. The summed E-state index contributed by atoms with van der Waals surface area (Å²) in [4.78, 5) is 61.3. The fraction of sp³-hybridized carbons (Fsp3) is 0.595. The summed E-state index contributed by atoms with van der Waals surface area (Å²) in [5.74, 6) is -3.67. The number of fused-ring (bicyclic) bond motifs is 1. The lowest BCUT2D eigenvalue weighted by Gasteiger charge is -2.35. The molecule has 49 heavy (non-hydrogen) atoms. The molecule has 0 bridgehead atoms. The molecule has 2 amide bonds. The molecular formula is C37H49N3O8S. The van der Waals surface area contributed by atoms with Gasteiger partial charge in [0.2, 0.25) is 17.7 Å². The van der Waals surface area contributed by atoms with Gasteiger partial charge in [-0.15, -0.1) is 6.58 Å². The van der Waals surface area contributed by atoms with E-state index in [4.69, 9.17) is 9.47 Å². The van der Waals surface area contributed by atoms with Crippen LogP contribution in [0, 0.1) is 24.2 Å². The number of nitrogens with zero attached hydrogens (tertiary/aromatic N) is 2. The molecule has 5 atom stereocenters. The normalized spacial score (nSPS) is 24.6. The number of ketones is 1. The third-order valence-electron chi connectivity index (χ3n) is 9.60. The van der Waals surface area contributed by atoms with Crippen molar-refractivity contribution in [3.05, 3.63) is 48.7 Å². The Morgan fingerprint density at radius 2 is 1.80 bits per heavy atom. The van der Waals surface area contributed by atoms with Crippen LogP contribution in [-0.2, 0) is 33.8 Å². The molecule has 1 saturated heterocycles. The highest BCUT2D eigenvalue weighted by atomic mass is 32.2. The summed E-state index contributed by atoms with van der Waals surface area (Å²) in [6, 6.07) is 8.52. The minimum atomic E-state index is -3.63. The summed E-state index contributed by atoms with van der Waals surface area (Å²) in [5.41, 5.74) is -2.10. The smallest absolute Gasteiger partial charge is 0.307 e. The van der Waals surface area contributed by atoms with Gasteiger partial charge in [-0.05, 0) is 69.9 Å². The van der Waals surface area contributed by atoms with Crippen LogP contribution in [0.1, 0.15) is 79.3 Å². The molecule has 11 nitrogen and oxygen atoms in total. The van der Waals surface area contributed by atoms with Gasteiger partial charge in [-0.2, -0.15) is 0 Å². The quantitative estimate of drug-likeness (QED) is 0.250. The third-order valence-corrected chi connectivity index (χ3v) is 11.8. The maximum atomic E-state index is 14.5. The molecule has 0 radical (unpaired) electrons. The molecule has 0 unspecified atom stereocenters. The van der Waals surface area contributed by atoms with Crippen molar-refractivity contribution in [2.24, 2.45) is 17.3 Å². The van der Waals surface area contributed by atoms with Gasteiger partial charge in [-0.25, -0.2) is 13.4 Å². The molecular weight excluding hydrogens is 646 g/mol. The molecule has 1 N–H and O–H groups in total. The third kappa shape index (κ3) is 8.16. The van der Waals surface area contributed by atoms with E-state index in [1.54, 1.807) is 26.8 Å². The summed E-state index contributed by atoms with van der Waals surface area (Å²) in [5, 5.41) is 4.07. The Hall–Kier alpha value is -3.80. The second kappa shape index (κ2) is 13.2. The fourth-order valence-electron chi connectivity index (χ4n) is 6.70. The molecule has 5 rings (SSSR count). The highest BCUT2D eigenvalue weighted by Gasteiger charge is 2.61. The fourth-order valence-corrected chi connectivity index (χ4v) is 8.41. The molecule has 3 aliphatic rings. The van der Waals surface area contributed by atoms with Crippen LogP contribution in [0.25, 0.3) is 10.8 Å². The van der Waals surface area contributed by atoms with Crippen molar-refractivity contribution in [2.45, 2.75) is 109 Å². The van der Waals surface area contributed by atoms with Gasteiger partial charge in [0.05, 0.1) is 24.1 Å². The number of carbonyl (C=O) groups is 4. The van der Waals surface area contributed by atoms with Crippen LogP contribution >= 0.6 is 0 Å². The van der Waals surface area contributed by atoms with Crippen molar-refractivity contribution >= 4 is 44.2 Å². The number of ether oxygens (including phenoxy) is 2. The Balaban J connectivity index is 1.45. The monoisotopic (exact) mass is 695 g/mol. The zero-order valence-corrected chi connectivity index (χ0v) is 30.4. The maximum absolute atomic E-state index is 14.5. The van der Waals surface area contributed by atoms with Gasteiger partial charge < -0.3 is 19.7 Å². The topological polar surface area (TPSA) is 149 Å². The van der Waals surface area contributed by atoms with E-state index < -0.39 is 84.9 Å². The Bertz CT molecular complexity index is 1770. The molecule has 2 heterocycles. The first-order chi connectivity index (χ1) is 22.7. The number of benzene rings is 1. The number of nitrogens with one attached hydrogen (secondary N) is 1. The van der Waals surface area contributed by atoms with Crippen LogP contribution in [0.15, 0.2) is 43.0 Å². The molecule has 1 aromatic heterocycles. The SMILES string of the molecule is C=C[C@@H]1C[C@]1(NC(=O)[C@@H]1C[C@@H](Oc2nc(C)cc3ccccc23)CN1C(=O)[C@@H](CC(=O)OC(C)(C)C)C(C)(C)C)C(=O)CS(=O)(=O)C1CC1. The lowest BCUT2D eigenvalue weighted by molar-refractivity contribution is -0.161. The zero-order chi connectivity index (χ0) is 36.1. The van der Waals surface area contributed by atoms with Crippen LogP contribution in [0.2, 0.25) is 0 Å². The number of Topliss-reactive ketones (excluding diaryl/α,β-unsaturated/α-hetero) is 1. The second-order valence-corrected chi connectivity index (χ2v) is 18.2. The van der Waals surface area contributed by atoms with Gasteiger partial charge in [-0.3, -0.25) is 19.2 Å². The lowest BCUT2D eigenvalue weighted by atomic mass is 9.77. The summed E-state index contributed by atoms with van der Waals surface area (Å²) in [7, 11) is -3.63. The predicted octanol–water partition coefficient (Wildman–Crippen LogP) is 4.49. The minimum Gasteiger partial charge on any atom is -0.472 e. The number of esters is 1. The minimum absolute atomic E-state index is 0.0314. The lowest BCUT2D eigenvalue weighted by Crippen LogP contribution is -2.55. The number of sulfone groups is 1. The van der Waals surface area contributed by atoms with E-state index in [0.29, 0.717) is 18.7 Å². The molecule has 2 aliphatic carbocycles. The summed E-state index contributed by atoms with van der Waals surface area (Å²) in [6.45, 7) is 16.5. The number of rotatable bonds is 12. The first-order valence-corrected chi connectivity index (χ1v) is 18.7. The number of hydrogen-bond acceptors (Lipinski definition) is 9. The van der Waals surface area contributed by atoms with Crippen molar-refractivity contribution in [1.29, 1.82) is 0 Å². The van der Waals surface area contributed by atoms with Crippen molar-refractivity contribution < 1.29 is 37.1 Å². The average molecular weight is 696 g/mol. The largest absolute Gasteiger partial charge is 0.472 e. The van der Waals surface area contributed by atoms with Crippen LogP contribution in [0.5, 0.6) is 5.88 Å². The number of hydrogen-bond donors (Lipinski definition) is 1. The van der Waals surface area contributed by atoms with Crippen molar-refractivity contribution in [1.82, 2.24) is 15.2 Å². The van der Waals surface area contributed by atoms with E-state index in [1.807, 2.05) is 58.0 Å². The van der Waals surface area contributed by atoms with Gasteiger partial charge >= 0.3 is 5.97 Å². The Morgan fingerprint density at radius 1 is 1.12 bits per heavy atom. The maximum Gasteiger partial charge on any atom is 0.307 e. The summed E-state index contributed by atoms with van der Waals surface area (Å²) >= 11 is 0. The van der Waals surface area contributed by atoms with E-state index in [-0.39, 0.29) is 25.8 Å². The van der Waals surface area contributed by atoms with Gasteiger partial charge in [-0.1, -0.05) is 45.0 Å². The Morgan fingerprint density at radius 3 is 2.39 bits per heavy atom. The molecule has 1 aromatic carbocycles. The Kier molecular flexibility index (Phi) is 9.79. The number of pyridine rings is 1. The number of aryl methyl sites for hydroxylation is 1. The molecule has 2 saturated carbocycles. The standard InChI is InChI=1S/C37H49N3O8S/c1-9-24-19-37(24,30(41)21-49(45,46)26-14-15-26)39-32(43)29-17-25(47-33-27-13-11-10-12-23(27)16-22(2)38-33)20-40(29)34(44)28(35(3,4)5)18-31(42)48-36(6,7)8/h9-13,16,24-26,28-29H,1,14-15,17-21H2,2-8H3,(H,39,43)/t24-,25-,28-,29+,37-/m1/s1. The van der Waals surface area contributed by atoms with Gasteiger partial charge in [0.1, 0.15) is 29.0 Å². The summed E-state index contributed by atoms with van der Waals surface area (Å²) < 4.78 is 37.5. The molecule has 12 heteroatoms. The van der Waals surface area contributed by atoms with Crippen LogP contribution in [0.4, 0.5) is 0 Å². The number of likely N-dealkylation sites (tertiary alicyclic amines) is 1. The number of aromatic nitrogens is 1. The average Bonchev–Trinajstić information content (AvgIpc) is 3.91. The molecule has 0 spiro atoms. The van der Waals surface area contributed by atoms with Crippen LogP contribution in [-0.4, -0.2) is 82.7 Å².